The van der Waals surface area contributed by atoms with E-state index in [1.165, 1.54) is 32.0 Å². The predicted octanol–water partition coefficient (Wildman–Crippen LogP) is 3.20. The van der Waals surface area contributed by atoms with Crippen LogP contribution in [0.15, 0.2) is 30.3 Å². The summed E-state index contributed by atoms with van der Waals surface area (Å²) in [5.41, 5.74) is 1.39. The van der Waals surface area contributed by atoms with Crippen molar-refractivity contribution in [3.05, 3.63) is 58.4 Å². The number of hydrogen-bond acceptors (Lipinski definition) is 4. The number of nitrogens with zero attached hydrogens (tertiary/aromatic N) is 1. The third-order valence-corrected chi connectivity index (χ3v) is 3.92. The molecule has 1 aromatic carbocycles. The van der Waals surface area contributed by atoms with Crippen LogP contribution >= 0.6 is 0 Å². The SMILES string of the molecule is Cc1cc(C(=O)COC(=O)c2ccc(CO)cc2)c(C)n1CC(F)(F)F. The summed E-state index contributed by atoms with van der Waals surface area (Å²) in [5.74, 6) is -1.31. The van der Waals surface area contributed by atoms with Crippen LogP contribution < -0.4 is 0 Å². The molecule has 0 fully saturated rings. The molecule has 0 saturated heterocycles. The molecule has 26 heavy (non-hydrogen) atoms. The van der Waals surface area contributed by atoms with E-state index in [4.69, 9.17) is 9.84 Å². The minimum Gasteiger partial charge on any atom is -0.454 e. The molecule has 8 heteroatoms. The Morgan fingerprint density at radius 1 is 1.15 bits per heavy atom. The summed E-state index contributed by atoms with van der Waals surface area (Å²) in [6, 6.07) is 7.35. The Morgan fingerprint density at radius 2 is 1.77 bits per heavy atom. The Kier molecular flexibility index (Phi) is 5.86. The van der Waals surface area contributed by atoms with Crippen LogP contribution in [0.4, 0.5) is 13.2 Å². The second kappa shape index (κ2) is 7.74. The number of halogens is 3. The fraction of sp³-hybridized carbons (Fsp3) is 0.333. The first-order valence-corrected chi connectivity index (χ1v) is 7.76. The summed E-state index contributed by atoms with van der Waals surface area (Å²) < 4.78 is 43.8. The molecular weight excluding hydrogens is 351 g/mol. The number of carbonyl (C=O) groups excluding carboxylic acids is 2. The molecule has 5 nitrogen and oxygen atoms in total. The topological polar surface area (TPSA) is 68.5 Å². The maximum atomic E-state index is 12.6. The number of aryl methyl sites for hydroxylation is 1. The van der Waals surface area contributed by atoms with Gasteiger partial charge in [-0.1, -0.05) is 12.1 Å². The Balaban J connectivity index is 2.05. The van der Waals surface area contributed by atoms with E-state index in [2.05, 4.69) is 0 Å². The molecule has 0 aliphatic carbocycles. The molecule has 0 radical (unpaired) electrons. The number of alkyl halides is 3. The lowest BCUT2D eigenvalue weighted by Gasteiger charge is -2.12. The number of ketones is 1. The van der Waals surface area contributed by atoms with E-state index in [9.17, 15) is 22.8 Å². The molecule has 1 N–H and O–H groups in total. The molecule has 140 valence electrons. The van der Waals surface area contributed by atoms with E-state index < -0.39 is 31.1 Å². The molecule has 0 saturated carbocycles. The molecule has 1 heterocycles. The van der Waals surface area contributed by atoms with Crippen molar-refractivity contribution >= 4 is 11.8 Å². The zero-order chi connectivity index (χ0) is 19.5. The minimum absolute atomic E-state index is 0.0928. The van der Waals surface area contributed by atoms with Crippen molar-refractivity contribution in [1.29, 1.82) is 0 Å². The number of Topliss-reactive ketones (excluding diaryl/α,β-unsaturated/α-hetero) is 1. The molecular formula is C18H18F3NO4. The second-order valence-electron chi connectivity index (χ2n) is 5.84. The van der Waals surface area contributed by atoms with Gasteiger partial charge in [-0.05, 0) is 37.6 Å². The summed E-state index contributed by atoms with van der Waals surface area (Å²) in [7, 11) is 0. The summed E-state index contributed by atoms with van der Waals surface area (Å²) in [6.07, 6.45) is -4.40. The highest BCUT2D eigenvalue weighted by atomic mass is 19.4. The Labute approximate surface area is 148 Å². The van der Waals surface area contributed by atoms with Gasteiger partial charge < -0.3 is 14.4 Å². The van der Waals surface area contributed by atoms with Gasteiger partial charge in [0.25, 0.3) is 0 Å². The number of carbonyl (C=O) groups is 2. The van der Waals surface area contributed by atoms with Gasteiger partial charge in [-0.15, -0.1) is 0 Å². The maximum Gasteiger partial charge on any atom is 0.406 e. The molecule has 0 unspecified atom stereocenters. The number of aliphatic hydroxyl groups excluding tert-OH is 1. The molecule has 2 aromatic rings. The van der Waals surface area contributed by atoms with Crippen LogP contribution in [0, 0.1) is 13.8 Å². The average Bonchev–Trinajstić information content (AvgIpc) is 2.86. The van der Waals surface area contributed by atoms with E-state index in [0.717, 1.165) is 4.57 Å². The van der Waals surface area contributed by atoms with Gasteiger partial charge in [0, 0.05) is 17.0 Å². The number of aliphatic hydroxyl groups is 1. The van der Waals surface area contributed by atoms with E-state index in [1.807, 2.05) is 0 Å². The number of rotatable bonds is 6. The molecule has 0 spiro atoms. The van der Waals surface area contributed by atoms with Crippen LogP contribution in [0.2, 0.25) is 0 Å². The zero-order valence-corrected chi connectivity index (χ0v) is 14.3. The zero-order valence-electron chi connectivity index (χ0n) is 14.3. The molecule has 0 aliphatic rings. The summed E-state index contributed by atoms with van der Waals surface area (Å²) in [4.78, 5) is 24.2. The van der Waals surface area contributed by atoms with Crippen LogP contribution in [0.5, 0.6) is 0 Å². The fourth-order valence-electron chi connectivity index (χ4n) is 2.54. The highest BCUT2D eigenvalue weighted by Gasteiger charge is 2.30. The lowest BCUT2D eigenvalue weighted by molar-refractivity contribution is -0.141. The van der Waals surface area contributed by atoms with Crippen molar-refractivity contribution in [1.82, 2.24) is 4.57 Å². The van der Waals surface area contributed by atoms with Crippen LogP contribution in [-0.2, 0) is 17.9 Å². The smallest absolute Gasteiger partial charge is 0.406 e. The van der Waals surface area contributed by atoms with E-state index in [1.54, 1.807) is 12.1 Å². The first kappa shape index (κ1) is 19.7. The van der Waals surface area contributed by atoms with E-state index in [-0.39, 0.29) is 23.4 Å². The largest absolute Gasteiger partial charge is 0.454 e. The van der Waals surface area contributed by atoms with Crippen molar-refractivity contribution < 1.29 is 32.6 Å². The van der Waals surface area contributed by atoms with Gasteiger partial charge in [0.15, 0.2) is 6.61 Å². The van der Waals surface area contributed by atoms with Crippen molar-refractivity contribution in [2.45, 2.75) is 33.2 Å². The number of benzene rings is 1. The first-order valence-electron chi connectivity index (χ1n) is 7.76. The summed E-state index contributed by atoms with van der Waals surface area (Å²) in [5, 5.41) is 8.96. The summed E-state index contributed by atoms with van der Waals surface area (Å²) in [6.45, 7) is 0.971. The van der Waals surface area contributed by atoms with Crippen molar-refractivity contribution in [3.63, 3.8) is 0 Å². The lowest BCUT2D eigenvalue weighted by atomic mass is 10.1. The molecule has 0 aliphatic heterocycles. The Hall–Kier alpha value is -2.61. The van der Waals surface area contributed by atoms with Crippen molar-refractivity contribution in [3.8, 4) is 0 Å². The van der Waals surface area contributed by atoms with Crippen molar-refractivity contribution in [2.24, 2.45) is 0 Å². The monoisotopic (exact) mass is 369 g/mol. The standard InChI is InChI=1S/C18H18F3NO4/c1-11-7-15(12(2)22(11)10-18(19,20)21)16(24)9-26-17(25)14-5-3-13(8-23)4-6-14/h3-7,23H,8-10H2,1-2H3. The van der Waals surface area contributed by atoms with Gasteiger partial charge >= 0.3 is 12.1 Å². The van der Waals surface area contributed by atoms with Crippen LogP contribution in [0.25, 0.3) is 0 Å². The average molecular weight is 369 g/mol. The predicted molar refractivity (Wildman–Crippen MR) is 86.9 cm³/mol. The molecule has 1 aromatic heterocycles. The maximum absolute atomic E-state index is 12.6. The third-order valence-electron chi connectivity index (χ3n) is 3.92. The first-order chi connectivity index (χ1) is 12.1. The van der Waals surface area contributed by atoms with Gasteiger partial charge in [0.2, 0.25) is 5.78 Å². The van der Waals surface area contributed by atoms with Crippen LogP contribution in [0.1, 0.15) is 37.7 Å². The highest BCUT2D eigenvalue weighted by Crippen LogP contribution is 2.23. The summed E-state index contributed by atoms with van der Waals surface area (Å²) >= 11 is 0. The third kappa shape index (κ3) is 4.72. The van der Waals surface area contributed by atoms with Gasteiger partial charge in [-0.25, -0.2) is 4.79 Å². The highest BCUT2D eigenvalue weighted by molar-refractivity contribution is 6.00. The Bertz CT molecular complexity index is 807. The number of hydrogen-bond donors (Lipinski definition) is 1. The van der Waals surface area contributed by atoms with Gasteiger partial charge in [0.05, 0.1) is 12.2 Å². The number of ether oxygens (including phenoxy) is 1. The second-order valence-corrected chi connectivity index (χ2v) is 5.84. The lowest BCUT2D eigenvalue weighted by Crippen LogP contribution is -2.20. The van der Waals surface area contributed by atoms with Crippen molar-refractivity contribution in [2.75, 3.05) is 6.61 Å². The van der Waals surface area contributed by atoms with Crippen LogP contribution in [0.3, 0.4) is 0 Å². The number of aromatic nitrogens is 1. The minimum atomic E-state index is -4.40. The number of esters is 1. The molecule has 0 atom stereocenters. The van der Waals surface area contributed by atoms with E-state index in [0.29, 0.717) is 11.3 Å². The Morgan fingerprint density at radius 3 is 2.31 bits per heavy atom. The molecule has 0 amide bonds. The van der Waals surface area contributed by atoms with Gasteiger partial charge in [-0.3, -0.25) is 4.79 Å². The van der Waals surface area contributed by atoms with Gasteiger partial charge in [-0.2, -0.15) is 13.2 Å². The van der Waals surface area contributed by atoms with E-state index >= 15 is 0 Å². The fourth-order valence-corrected chi connectivity index (χ4v) is 2.54. The quantitative estimate of drug-likeness (QED) is 0.627. The van der Waals surface area contributed by atoms with Gasteiger partial charge in [0.1, 0.15) is 6.54 Å². The van der Waals surface area contributed by atoms with Crippen LogP contribution in [-0.4, -0.2) is 34.2 Å². The normalized spacial score (nSPS) is 11.5. The molecule has 2 rings (SSSR count). The molecule has 0 bridgehead atoms.